The number of carbonyl (C=O) groups excluding carboxylic acids is 2. The van der Waals surface area contributed by atoms with E-state index in [4.69, 9.17) is 16.6 Å². The summed E-state index contributed by atoms with van der Waals surface area (Å²) in [5.41, 5.74) is 6.65. The van der Waals surface area contributed by atoms with Crippen molar-refractivity contribution in [2.24, 2.45) is 17.8 Å². The van der Waals surface area contributed by atoms with E-state index < -0.39 is 10.0 Å². The predicted molar refractivity (Wildman–Crippen MR) is 185 cm³/mol. The molecule has 3 aromatic rings. The van der Waals surface area contributed by atoms with E-state index in [0.717, 1.165) is 90.6 Å². The molecule has 1 atom stereocenters. The summed E-state index contributed by atoms with van der Waals surface area (Å²) in [7, 11) is -3.49. The van der Waals surface area contributed by atoms with E-state index in [9.17, 15) is 18.0 Å². The number of hydrogen-bond acceptors (Lipinski definition) is 5. The Morgan fingerprint density at radius 2 is 1.70 bits per heavy atom. The van der Waals surface area contributed by atoms with E-state index >= 15 is 0 Å². The maximum absolute atomic E-state index is 13.5. The zero-order valence-electron chi connectivity index (χ0n) is 26.7. The van der Waals surface area contributed by atoms with Crippen LogP contribution in [-0.2, 0) is 27.7 Å². The number of Topliss-reactive ketones (excluding diaryl/α,β-unsaturated/α-hetero) is 1. The van der Waals surface area contributed by atoms with Crippen molar-refractivity contribution in [3.8, 4) is 0 Å². The first-order valence-corrected chi connectivity index (χ1v) is 19.6. The van der Waals surface area contributed by atoms with Gasteiger partial charge in [-0.25, -0.2) is 12.4 Å². The highest BCUT2D eigenvalue weighted by Gasteiger charge is 2.36. The molecular weight excluding hydrogens is 686 g/mol. The number of ketones is 1. The van der Waals surface area contributed by atoms with Gasteiger partial charge in [-0.05, 0) is 138 Å². The Bertz CT molecular complexity index is 1720. The van der Waals surface area contributed by atoms with Crippen molar-refractivity contribution in [2.75, 3.05) is 19.3 Å². The van der Waals surface area contributed by atoms with Gasteiger partial charge in [0.25, 0.3) is 0 Å². The molecule has 0 spiro atoms. The van der Waals surface area contributed by atoms with Crippen LogP contribution >= 0.6 is 27.5 Å². The van der Waals surface area contributed by atoms with Crippen LogP contribution in [0, 0.1) is 24.7 Å². The maximum Gasteiger partial charge on any atom is 0.236 e. The lowest BCUT2D eigenvalue weighted by Gasteiger charge is -2.38. The van der Waals surface area contributed by atoms with E-state index in [2.05, 4.69) is 46.0 Å². The number of likely N-dealkylation sites (tertiary alicyclic amines) is 1. The molecule has 1 saturated heterocycles. The second kappa shape index (κ2) is 13.9. The fraction of sp³-hybridized carbons (Fsp3) is 0.528. The molecule has 3 aliphatic rings. The normalized spacial score (nSPS) is 22.2. The predicted octanol–water partition coefficient (Wildman–Crippen LogP) is 7.74. The van der Waals surface area contributed by atoms with Gasteiger partial charge in [0.1, 0.15) is 0 Å². The third-order valence-corrected chi connectivity index (χ3v) is 12.3. The Labute approximate surface area is 286 Å². The van der Waals surface area contributed by atoms with Gasteiger partial charge in [-0.1, -0.05) is 24.4 Å². The molecular formula is C36H43BrClN3O4S. The molecule has 0 bridgehead atoms. The summed E-state index contributed by atoms with van der Waals surface area (Å²) in [5, 5.41) is 0.790. The van der Waals surface area contributed by atoms with Crippen LogP contribution in [0.4, 0.5) is 0 Å². The number of rotatable bonds is 8. The quantitative estimate of drug-likeness (QED) is 0.222. The van der Waals surface area contributed by atoms with E-state index in [0.29, 0.717) is 30.6 Å². The van der Waals surface area contributed by atoms with Crippen LogP contribution in [0.15, 0.2) is 47.2 Å². The average molecular weight is 729 g/mol. The average Bonchev–Trinajstić information content (AvgIpc) is 3.47. The second-order valence-electron chi connectivity index (χ2n) is 13.7. The smallest absolute Gasteiger partial charge is 0.236 e. The summed E-state index contributed by atoms with van der Waals surface area (Å²) in [6.07, 6.45) is 14.0. The Hall–Kier alpha value is -2.49. The monoisotopic (exact) mass is 727 g/mol. The molecule has 1 saturated carbocycles. The highest BCUT2D eigenvalue weighted by atomic mass is 79.9. The minimum absolute atomic E-state index is 0.130. The zero-order chi connectivity index (χ0) is 32.6. The molecule has 10 heteroatoms. The van der Waals surface area contributed by atoms with Gasteiger partial charge in [-0.2, -0.15) is 0 Å². The summed E-state index contributed by atoms with van der Waals surface area (Å²) in [4.78, 5) is 33.3. The number of carbonyl (C=O) groups is 2. The number of piperidine rings is 1. The molecule has 2 aliphatic carbocycles. The molecule has 3 heterocycles. The van der Waals surface area contributed by atoms with Crippen LogP contribution in [0.3, 0.4) is 0 Å². The number of hydrogen-bond donors (Lipinski definition) is 0. The number of amides is 1. The molecule has 1 aliphatic heterocycles. The molecule has 0 unspecified atom stereocenters. The zero-order valence-corrected chi connectivity index (χ0v) is 29.8. The first-order valence-electron chi connectivity index (χ1n) is 16.6. The first kappa shape index (κ1) is 33.4. The number of benzene rings is 1. The highest BCUT2D eigenvalue weighted by molar-refractivity contribution is 9.10. The molecule has 6 rings (SSSR count). The summed E-state index contributed by atoms with van der Waals surface area (Å²) in [6.45, 7) is 3.73. The van der Waals surface area contributed by atoms with E-state index in [1.165, 1.54) is 34.1 Å². The highest BCUT2D eigenvalue weighted by Crippen LogP contribution is 2.45. The van der Waals surface area contributed by atoms with Gasteiger partial charge in [-0.3, -0.25) is 14.6 Å². The molecule has 1 amide bonds. The fourth-order valence-electron chi connectivity index (χ4n) is 8.23. The molecule has 0 N–H and O–H groups in total. The molecule has 46 heavy (non-hydrogen) atoms. The van der Waals surface area contributed by atoms with Gasteiger partial charge in [0.05, 0.1) is 17.6 Å². The van der Waals surface area contributed by atoms with Crippen molar-refractivity contribution in [1.82, 2.24) is 13.9 Å². The molecule has 2 aromatic heterocycles. The number of fused-ring (bicyclic) bond motifs is 2. The number of aryl methyl sites for hydroxylation is 3. The fourth-order valence-corrected chi connectivity index (χ4v) is 9.72. The lowest BCUT2D eigenvalue weighted by Crippen LogP contribution is -2.41. The van der Waals surface area contributed by atoms with Gasteiger partial charge in [0.2, 0.25) is 15.9 Å². The molecule has 0 radical (unpaired) electrons. The van der Waals surface area contributed by atoms with Gasteiger partial charge in [0.15, 0.2) is 5.78 Å². The van der Waals surface area contributed by atoms with E-state index in [1.807, 2.05) is 6.20 Å². The van der Waals surface area contributed by atoms with Crippen LogP contribution in [0.1, 0.15) is 102 Å². The third-order valence-electron chi connectivity index (χ3n) is 10.6. The number of aromatic nitrogens is 2. The van der Waals surface area contributed by atoms with Gasteiger partial charge in [-0.15, -0.1) is 0 Å². The lowest BCUT2D eigenvalue weighted by atomic mass is 9.75. The third kappa shape index (κ3) is 7.31. The number of pyridine rings is 1. The van der Waals surface area contributed by atoms with Gasteiger partial charge >= 0.3 is 0 Å². The van der Waals surface area contributed by atoms with Crippen LogP contribution < -0.4 is 0 Å². The van der Waals surface area contributed by atoms with Crippen LogP contribution in [0.25, 0.3) is 0 Å². The first-order chi connectivity index (χ1) is 22.0. The van der Waals surface area contributed by atoms with Crippen LogP contribution in [0.5, 0.6) is 0 Å². The standard InChI is InChI=1S/C36H43BrClN3O4S/c1-23-18-30(38)21-27-10-11-28-20-29(37)22-39-36(28)35(34(23)27)26-13-16-40(17-14-26)33(43)19-25-7-5-24(6-8-25)9-12-32(42)31-4-3-15-41(31)46(2,44)45/h3-4,15,18,20-22,24-26,35H,5-14,16-17,19H2,1-2H3/t24?,25?,35-/m1/s1. The van der Waals surface area contributed by atoms with Crippen molar-refractivity contribution < 1.29 is 18.0 Å². The molecule has 1 aromatic carbocycles. The minimum atomic E-state index is -3.49. The number of nitrogens with zero attached hydrogens (tertiary/aromatic N) is 3. The van der Waals surface area contributed by atoms with Crippen molar-refractivity contribution in [2.45, 2.75) is 83.5 Å². The van der Waals surface area contributed by atoms with Gasteiger partial charge in [0, 0.05) is 53.7 Å². The Morgan fingerprint density at radius 3 is 2.41 bits per heavy atom. The lowest BCUT2D eigenvalue weighted by molar-refractivity contribution is -0.134. The maximum atomic E-state index is 13.5. The molecule has 7 nitrogen and oxygen atoms in total. The minimum Gasteiger partial charge on any atom is -0.343 e. The van der Waals surface area contributed by atoms with Crippen molar-refractivity contribution in [3.05, 3.63) is 85.9 Å². The summed E-state index contributed by atoms with van der Waals surface area (Å²) < 4.78 is 26.0. The van der Waals surface area contributed by atoms with Crippen molar-refractivity contribution >= 4 is 49.2 Å². The van der Waals surface area contributed by atoms with Crippen LogP contribution in [-0.4, -0.2) is 53.3 Å². The van der Waals surface area contributed by atoms with E-state index in [-0.39, 0.29) is 23.3 Å². The summed E-state index contributed by atoms with van der Waals surface area (Å²) >= 11 is 10.1. The topological polar surface area (TPSA) is 89.3 Å². The van der Waals surface area contributed by atoms with Crippen molar-refractivity contribution in [3.63, 3.8) is 0 Å². The second-order valence-corrected chi connectivity index (χ2v) is 16.9. The van der Waals surface area contributed by atoms with Gasteiger partial charge < -0.3 is 4.90 Å². The Morgan fingerprint density at radius 1 is 1.00 bits per heavy atom. The Balaban J connectivity index is 1.02. The summed E-state index contributed by atoms with van der Waals surface area (Å²) in [5.74, 6) is 1.57. The van der Waals surface area contributed by atoms with E-state index in [1.54, 1.807) is 12.1 Å². The Kier molecular flexibility index (Phi) is 10.1. The van der Waals surface area contributed by atoms with Crippen LogP contribution in [0.2, 0.25) is 5.02 Å². The largest absolute Gasteiger partial charge is 0.343 e. The summed E-state index contributed by atoms with van der Waals surface area (Å²) in [6, 6.07) is 9.62. The SMILES string of the molecule is Cc1cc(Cl)cc2c1[C@@H](C1CCN(C(=O)CC3CCC(CCC(=O)c4cccn4S(C)(=O)=O)CC3)CC1)c1ncc(Br)cc1CC2. The molecule has 246 valence electrons. The van der Waals surface area contributed by atoms with Crippen molar-refractivity contribution in [1.29, 1.82) is 0 Å². The molecule has 2 fully saturated rings. The number of halogens is 2.